The number of carbonyl (C=O) groups is 1. The minimum absolute atomic E-state index is 0.0225. The van der Waals surface area contributed by atoms with Crippen molar-refractivity contribution in [2.45, 2.75) is 20.0 Å². The fraction of sp³-hybridized carbons (Fsp3) is 0.190. The van der Waals surface area contributed by atoms with Gasteiger partial charge in [0.1, 0.15) is 10.6 Å². The smallest absolute Gasteiger partial charge is 0.264 e. The van der Waals surface area contributed by atoms with Crippen molar-refractivity contribution in [3.8, 4) is 0 Å². The van der Waals surface area contributed by atoms with Gasteiger partial charge in [0.25, 0.3) is 5.91 Å². The summed E-state index contributed by atoms with van der Waals surface area (Å²) in [6.07, 6.45) is 3.45. The summed E-state index contributed by atoms with van der Waals surface area (Å²) >= 11 is 1.44. The van der Waals surface area contributed by atoms with Gasteiger partial charge in [0.05, 0.1) is 17.1 Å². The molecule has 0 spiro atoms. The fourth-order valence-corrected chi connectivity index (χ4v) is 4.27. The Balaban J connectivity index is 1.58. The molecule has 7 heteroatoms. The van der Waals surface area contributed by atoms with E-state index in [4.69, 9.17) is 0 Å². The van der Waals surface area contributed by atoms with E-state index in [9.17, 15) is 9.18 Å². The lowest BCUT2D eigenvalue weighted by Gasteiger charge is -2.16. The molecule has 4 aromatic rings. The van der Waals surface area contributed by atoms with E-state index in [1.54, 1.807) is 36.5 Å². The van der Waals surface area contributed by atoms with Gasteiger partial charge in [-0.1, -0.05) is 12.1 Å². The number of hydrogen-bond donors (Lipinski definition) is 0. The van der Waals surface area contributed by atoms with Gasteiger partial charge in [-0.2, -0.15) is 5.10 Å². The van der Waals surface area contributed by atoms with Crippen LogP contribution in [0.1, 0.15) is 26.5 Å². The number of rotatable bonds is 5. The minimum atomic E-state index is -0.258. The van der Waals surface area contributed by atoms with Crippen LogP contribution in [0.5, 0.6) is 0 Å². The molecule has 0 N–H and O–H groups in total. The molecule has 142 valence electrons. The van der Waals surface area contributed by atoms with Crippen molar-refractivity contribution in [1.29, 1.82) is 0 Å². The first-order chi connectivity index (χ1) is 13.5. The lowest BCUT2D eigenvalue weighted by Crippen LogP contribution is -2.25. The van der Waals surface area contributed by atoms with Crippen molar-refractivity contribution >= 4 is 27.5 Å². The summed E-state index contributed by atoms with van der Waals surface area (Å²) in [7, 11) is 1.80. The van der Waals surface area contributed by atoms with E-state index in [2.05, 4.69) is 10.1 Å². The maximum Gasteiger partial charge on any atom is 0.264 e. The van der Waals surface area contributed by atoms with Gasteiger partial charge in [-0.25, -0.2) is 4.39 Å². The zero-order chi connectivity index (χ0) is 19.7. The van der Waals surface area contributed by atoms with Gasteiger partial charge >= 0.3 is 0 Å². The van der Waals surface area contributed by atoms with Crippen molar-refractivity contribution < 1.29 is 9.18 Å². The van der Waals surface area contributed by atoms with Crippen LogP contribution in [-0.2, 0) is 13.1 Å². The molecule has 1 aromatic carbocycles. The van der Waals surface area contributed by atoms with Crippen LogP contribution in [0.15, 0.2) is 54.9 Å². The van der Waals surface area contributed by atoms with Crippen LogP contribution < -0.4 is 0 Å². The summed E-state index contributed by atoms with van der Waals surface area (Å²) in [5, 5.41) is 5.56. The monoisotopic (exact) mass is 394 g/mol. The van der Waals surface area contributed by atoms with Crippen molar-refractivity contribution in [3.05, 3.63) is 82.4 Å². The summed E-state index contributed by atoms with van der Waals surface area (Å²) in [6.45, 7) is 2.99. The molecule has 0 aliphatic heterocycles. The van der Waals surface area contributed by atoms with Crippen molar-refractivity contribution in [1.82, 2.24) is 19.7 Å². The molecule has 0 atom stereocenters. The fourth-order valence-electron chi connectivity index (χ4n) is 3.11. The van der Waals surface area contributed by atoms with Gasteiger partial charge in [0.2, 0.25) is 0 Å². The lowest BCUT2D eigenvalue weighted by atomic mass is 10.2. The number of thiophene rings is 1. The zero-order valence-corrected chi connectivity index (χ0v) is 16.4. The summed E-state index contributed by atoms with van der Waals surface area (Å²) in [5.74, 6) is -0.280. The maximum atomic E-state index is 13.1. The number of carbonyl (C=O) groups excluding carboxylic acids is 1. The highest BCUT2D eigenvalue weighted by Crippen LogP contribution is 2.29. The molecule has 0 radical (unpaired) electrons. The summed E-state index contributed by atoms with van der Waals surface area (Å²) < 4.78 is 15.0. The second kappa shape index (κ2) is 7.52. The number of benzene rings is 1. The predicted octanol–water partition coefficient (Wildman–Crippen LogP) is 4.26. The number of pyridine rings is 1. The van der Waals surface area contributed by atoms with Crippen LogP contribution in [0, 0.1) is 12.7 Å². The molecule has 4 rings (SSSR count). The molecule has 0 fully saturated rings. The van der Waals surface area contributed by atoms with Crippen LogP contribution >= 0.6 is 11.3 Å². The first kappa shape index (κ1) is 18.3. The lowest BCUT2D eigenvalue weighted by molar-refractivity contribution is 0.0790. The molecule has 3 heterocycles. The van der Waals surface area contributed by atoms with Crippen molar-refractivity contribution in [2.75, 3.05) is 7.05 Å². The van der Waals surface area contributed by atoms with Gasteiger partial charge in [-0.15, -0.1) is 11.3 Å². The standard InChI is InChI=1S/C21H19FN4OS/c1-14-18-11-19(20(27)25(2)12-16-7-9-23-10-8-16)28-21(18)26(24-14)13-15-3-5-17(22)6-4-15/h3-11H,12-13H2,1-2H3. The molecule has 3 aromatic heterocycles. The number of aryl methyl sites for hydroxylation is 1. The van der Waals surface area contributed by atoms with Crippen molar-refractivity contribution in [2.24, 2.45) is 0 Å². The van der Waals surface area contributed by atoms with Gasteiger partial charge in [0.15, 0.2) is 0 Å². The second-order valence-corrected chi connectivity index (χ2v) is 7.75. The molecule has 28 heavy (non-hydrogen) atoms. The van der Waals surface area contributed by atoms with E-state index < -0.39 is 0 Å². The molecule has 0 aliphatic carbocycles. The number of hydrogen-bond acceptors (Lipinski definition) is 4. The van der Waals surface area contributed by atoms with E-state index in [1.165, 1.54) is 23.5 Å². The Bertz CT molecular complexity index is 1120. The topological polar surface area (TPSA) is 51.0 Å². The third-order valence-corrected chi connectivity index (χ3v) is 5.72. The van der Waals surface area contributed by atoms with Crippen LogP contribution in [0.4, 0.5) is 4.39 Å². The Hall–Kier alpha value is -3.06. The third-order valence-electron chi connectivity index (χ3n) is 4.58. The molecule has 1 amide bonds. The van der Waals surface area contributed by atoms with Crippen molar-refractivity contribution in [3.63, 3.8) is 0 Å². The van der Waals surface area contributed by atoms with E-state index >= 15 is 0 Å². The molecule has 5 nitrogen and oxygen atoms in total. The van der Waals surface area contributed by atoms with E-state index in [-0.39, 0.29) is 11.7 Å². The largest absolute Gasteiger partial charge is 0.337 e. The van der Waals surface area contributed by atoms with Gasteiger partial charge in [-0.05, 0) is 48.4 Å². The number of aromatic nitrogens is 3. The van der Waals surface area contributed by atoms with E-state index in [1.807, 2.05) is 29.8 Å². The SMILES string of the molecule is Cc1nn(Cc2ccc(F)cc2)c2sc(C(=O)N(C)Cc3ccncc3)cc12. The molecule has 0 unspecified atom stereocenters. The highest BCUT2D eigenvalue weighted by molar-refractivity contribution is 7.20. The maximum absolute atomic E-state index is 13.1. The summed E-state index contributed by atoms with van der Waals surface area (Å²) in [4.78, 5) is 20.2. The normalized spacial score (nSPS) is 11.1. The van der Waals surface area contributed by atoms with E-state index in [0.29, 0.717) is 18.0 Å². The average molecular weight is 394 g/mol. The highest BCUT2D eigenvalue weighted by Gasteiger charge is 2.19. The Morgan fingerprint density at radius 2 is 1.86 bits per heavy atom. The number of halogens is 1. The highest BCUT2D eigenvalue weighted by atomic mass is 32.1. The predicted molar refractivity (Wildman–Crippen MR) is 108 cm³/mol. The minimum Gasteiger partial charge on any atom is -0.337 e. The van der Waals surface area contributed by atoms with Crippen LogP contribution in [-0.4, -0.2) is 32.6 Å². The second-order valence-electron chi connectivity index (χ2n) is 6.72. The molecule has 0 bridgehead atoms. The van der Waals surface area contributed by atoms with Gasteiger partial charge in [0, 0.05) is 31.4 Å². The first-order valence-electron chi connectivity index (χ1n) is 8.87. The van der Waals surface area contributed by atoms with Gasteiger partial charge in [-0.3, -0.25) is 14.5 Å². The molecule has 0 saturated heterocycles. The molecular weight excluding hydrogens is 375 g/mol. The number of amides is 1. The van der Waals surface area contributed by atoms with Crippen LogP contribution in [0.3, 0.4) is 0 Å². The average Bonchev–Trinajstić information content (AvgIpc) is 3.25. The quantitative estimate of drug-likeness (QED) is 0.508. The molecule has 0 saturated carbocycles. The summed E-state index contributed by atoms with van der Waals surface area (Å²) in [6, 6.07) is 12.1. The Labute approximate surface area is 166 Å². The molecule has 0 aliphatic rings. The third kappa shape index (κ3) is 3.66. The van der Waals surface area contributed by atoms with Gasteiger partial charge < -0.3 is 4.90 Å². The Morgan fingerprint density at radius 1 is 1.14 bits per heavy atom. The number of fused-ring (bicyclic) bond motifs is 1. The van der Waals surface area contributed by atoms with E-state index in [0.717, 1.165) is 27.0 Å². The zero-order valence-electron chi connectivity index (χ0n) is 15.6. The van der Waals surface area contributed by atoms with Crippen LogP contribution in [0.25, 0.3) is 10.2 Å². The summed E-state index contributed by atoms with van der Waals surface area (Å²) in [5.41, 5.74) is 2.87. The number of nitrogens with zero attached hydrogens (tertiary/aromatic N) is 4. The van der Waals surface area contributed by atoms with Crippen LogP contribution in [0.2, 0.25) is 0 Å². The Morgan fingerprint density at radius 3 is 2.57 bits per heavy atom. The first-order valence-corrected chi connectivity index (χ1v) is 9.68. The Kier molecular flexibility index (Phi) is 4.92. The molecular formula is C21H19FN4OS.